The van der Waals surface area contributed by atoms with Crippen molar-refractivity contribution in [2.75, 3.05) is 14.1 Å². The van der Waals surface area contributed by atoms with Crippen LogP contribution in [0.2, 0.25) is 0 Å². The summed E-state index contributed by atoms with van der Waals surface area (Å²) in [5, 5.41) is 4.74. The molecule has 48 heavy (non-hydrogen) atoms. The predicted molar refractivity (Wildman–Crippen MR) is 216 cm³/mol. The molecule has 1 aliphatic rings. The maximum Gasteiger partial charge on any atom is 0.127 e. The van der Waals surface area contributed by atoms with Gasteiger partial charge in [0.15, 0.2) is 0 Å². The van der Waals surface area contributed by atoms with Crippen LogP contribution in [-0.2, 0) is 4.84 Å². The molecular weight excluding hydrogens is 585 g/mol. The molecule has 0 aromatic carbocycles. The fourth-order valence-electron chi connectivity index (χ4n) is 6.66. The Bertz CT molecular complexity index is 765. The molecule has 0 spiro atoms. The van der Waals surface area contributed by atoms with Gasteiger partial charge in [-0.25, -0.2) is 0 Å². The van der Waals surface area contributed by atoms with Crippen LogP contribution in [0.4, 0.5) is 0 Å². The van der Waals surface area contributed by atoms with Crippen molar-refractivity contribution in [3.8, 4) is 0 Å². The van der Waals surface area contributed by atoms with Crippen molar-refractivity contribution in [2.24, 2.45) is 5.16 Å². The Kier molecular flexibility index (Phi) is 32.6. The molecule has 1 rings (SSSR count). The number of oxime groups is 1. The summed E-state index contributed by atoms with van der Waals surface area (Å²) in [6, 6.07) is 0.705. The normalized spacial score (nSPS) is 15.9. The van der Waals surface area contributed by atoms with Crippen molar-refractivity contribution in [1.82, 2.24) is 4.90 Å². The smallest absolute Gasteiger partial charge is 0.127 e. The van der Waals surface area contributed by atoms with Gasteiger partial charge in [0.25, 0.3) is 0 Å². The van der Waals surface area contributed by atoms with Gasteiger partial charge >= 0.3 is 0 Å². The average Bonchev–Trinajstić information content (AvgIpc) is 3.10. The molecule has 0 unspecified atom stereocenters. The third-order valence-electron chi connectivity index (χ3n) is 10.0. The molecule has 0 bridgehead atoms. The molecule has 0 amide bonds. The quantitative estimate of drug-likeness (QED) is 0.0395. The van der Waals surface area contributed by atoms with Gasteiger partial charge in [-0.2, -0.15) is 0 Å². The first-order valence-corrected chi connectivity index (χ1v) is 21.1. The molecule has 1 saturated carbocycles. The lowest BCUT2D eigenvalue weighted by Crippen LogP contribution is -2.32. The Morgan fingerprint density at radius 1 is 0.542 bits per heavy atom. The van der Waals surface area contributed by atoms with E-state index >= 15 is 0 Å². The molecule has 0 heterocycles. The Labute approximate surface area is 301 Å². The van der Waals surface area contributed by atoms with Crippen molar-refractivity contribution in [3.05, 3.63) is 48.6 Å². The van der Waals surface area contributed by atoms with Crippen LogP contribution < -0.4 is 0 Å². The largest absolute Gasteiger partial charge is 0.393 e. The van der Waals surface area contributed by atoms with E-state index < -0.39 is 0 Å². The monoisotopic (exact) mass is 667 g/mol. The average molecular weight is 667 g/mol. The first-order valence-electron chi connectivity index (χ1n) is 21.1. The van der Waals surface area contributed by atoms with Crippen LogP contribution in [0.25, 0.3) is 0 Å². The second kappa shape index (κ2) is 35.2. The van der Waals surface area contributed by atoms with Crippen LogP contribution in [0, 0.1) is 0 Å². The third-order valence-corrected chi connectivity index (χ3v) is 10.0. The second-order valence-corrected chi connectivity index (χ2v) is 14.8. The summed E-state index contributed by atoms with van der Waals surface area (Å²) in [6.45, 7) is 4.54. The van der Waals surface area contributed by atoms with Crippen LogP contribution >= 0.6 is 0 Å². The van der Waals surface area contributed by atoms with Crippen LogP contribution in [0.15, 0.2) is 53.8 Å². The fraction of sp³-hybridized carbons (Fsp3) is 0.800. The third kappa shape index (κ3) is 29.3. The molecule has 1 aliphatic carbocycles. The van der Waals surface area contributed by atoms with Gasteiger partial charge in [0.05, 0.1) is 5.71 Å². The minimum Gasteiger partial charge on any atom is -0.393 e. The van der Waals surface area contributed by atoms with Crippen molar-refractivity contribution < 1.29 is 4.84 Å². The summed E-state index contributed by atoms with van der Waals surface area (Å²) in [7, 11) is 4.41. The highest BCUT2D eigenvalue weighted by molar-refractivity contribution is 5.84. The molecule has 0 N–H and O–H groups in total. The van der Waals surface area contributed by atoms with Crippen LogP contribution in [0.5, 0.6) is 0 Å². The summed E-state index contributed by atoms with van der Waals surface area (Å²) in [4.78, 5) is 8.65. The highest BCUT2D eigenvalue weighted by atomic mass is 16.6. The van der Waals surface area contributed by atoms with Crippen molar-refractivity contribution in [2.45, 2.75) is 219 Å². The Balaban J connectivity index is 2.19. The minimum atomic E-state index is 0.306. The van der Waals surface area contributed by atoms with Crippen LogP contribution in [-0.4, -0.2) is 36.9 Å². The van der Waals surface area contributed by atoms with Gasteiger partial charge in [0, 0.05) is 6.04 Å². The van der Waals surface area contributed by atoms with Gasteiger partial charge in [0.1, 0.15) is 6.10 Å². The second-order valence-electron chi connectivity index (χ2n) is 14.8. The highest BCUT2D eigenvalue weighted by Gasteiger charge is 2.20. The number of unbranched alkanes of at least 4 members (excludes halogenated alkanes) is 18. The molecule has 278 valence electrons. The predicted octanol–water partition coefficient (Wildman–Crippen LogP) is 14.6. The van der Waals surface area contributed by atoms with E-state index in [9.17, 15) is 0 Å². The van der Waals surface area contributed by atoms with E-state index in [1.807, 2.05) is 0 Å². The topological polar surface area (TPSA) is 24.8 Å². The lowest BCUT2D eigenvalue weighted by Gasteiger charge is -2.28. The van der Waals surface area contributed by atoms with E-state index in [0.29, 0.717) is 12.1 Å². The minimum absolute atomic E-state index is 0.306. The van der Waals surface area contributed by atoms with E-state index in [-0.39, 0.29) is 0 Å². The Morgan fingerprint density at radius 3 is 1.31 bits per heavy atom. The SMILES string of the molecule is CCCCC/C=C\C/C=C\CCCCCCCCC(CCCCCCCC/C=C\C/C=C\CCCCC)ON=C1CCC(N(C)C)CC1. The maximum absolute atomic E-state index is 6.28. The zero-order valence-corrected chi connectivity index (χ0v) is 32.8. The summed E-state index contributed by atoms with van der Waals surface area (Å²) in [5.41, 5.74) is 1.30. The summed E-state index contributed by atoms with van der Waals surface area (Å²) in [5.74, 6) is 0. The molecule has 0 aromatic heterocycles. The molecule has 0 radical (unpaired) electrons. The molecule has 3 nitrogen and oxygen atoms in total. The van der Waals surface area contributed by atoms with Gasteiger partial charge in [-0.15, -0.1) is 0 Å². The number of rotatable bonds is 33. The molecule has 3 heteroatoms. The first kappa shape index (κ1) is 44.4. The molecule has 1 fully saturated rings. The Morgan fingerprint density at radius 2 is 0.917 bits per heavy atom. The van der Waals surface area contributed by atoms with Crippen molar-refractivity contribution in [3.63, 3.8) is 0 Å². The van der Waals surface area contributed by atoms with Gasteiger partial charge in [-0.3, -0.25) is 0 Å². The van der Waals surface area contributed by atoms with E-state index in [1.165, 1.54) is 173 Å². The summed E-state index contributed by atoms with van der Waals surface area (Å²) < 4.78 is 0. The lowest BCUT2D eigenvalue weighted by atomic mass is 9.93. The Hall–Kier alpha value is -1.61. The zero-order chi connectivity index (χ0) is 34.6. The molecular formula is C45H82N2O. The number of allylic oxidation sites excluding steroid dienone is 8. The molecule has 0 aliphatic heterocycles. The molecule has 0 atom stereocenters. The standard InChI is InChI=1S/C45H82N2O/c1-5-7-9-11-13-15-17-19-21-23-25-27-29-31-33-35-37-45(48-46-43-39-41-44(42-40-43)47(3)4)38-36-34-32-30-28-26-24-22-20-18-16-14-12-10-8-6-2/h13-16,19-22,44-45H,5-12,17-18,23-42H2,1-4H3/b15-13-,16-14-,21-19-,22-20-,46-43?. The highest BCUT2D eigenvalue weighted by Crippen LogP contribution is 2.22. The number of nitrogens with zero attached hydrogens (tertiary/aromatic N) is 2. The summed E-state index contributed by atoms with van der Waals surface area (Å²) >= 11 is 0. The van der Waals surface area contributed by atoms with Gasteiger partial charge in [-0.1, -0.05) is 145 Å². The van der Waals surface area contributed by atoms with Crippen LogP contribution in [0.3, 0.4) is 0 Å². The van der Waals surface area contributed by atoms with E-state index in [0.717, 1.165) is 25.7 Å². The van der Waals surface area contributed by atoms with Crippen molar-refractivity contribution in [1.29, 1.82) is 0 Å². The first-order chi connectivity index (χ1) is 23.7. The number of hydrogen-bond acceptors (Lipinski definition) is 3. The van der Waals surface area contributed by atoms with Crippen LogP contribution in [0.1, 0.15) is 206 Å². The van der Waals surface area contributed by atoms with Crippen molar-refractivity contribution >= 4 is 5.71 Å². The zero-order valence-electron chi connectivity index (χ0n) is 32.8. The fourth-order valence-corrected chi connectivity index (χ4v) is 6.66. The lowest BCUT2D eigenvalue weighted by molar-refractivity contribution is 0.0416. The molecule has 0 saturated heterocycles. The maximum atomic E-state index is 6.28. The van der Waals surface area contributed by atoms with Gasteiger partial charge < -0.3 is 9.74 Å². The van der Waals surface area contributed by atoms with Gasteiger partial charge in [0.2, 0.25) is 0 Å². The van der Waals surface area contributed by atoms with Gasteiger partial charge in [-0.05, 0) is 130 Å². The number of hydrogen-bond donors (Lipinski definition) is 0. The van der Waals surface area contributed by atoms with E-state index in [4.69, 9.17) is 9.99 Å². The molecule has 0 aromatic rings. The van der Waals surface area contributed by atoms with E-state index in [2.05, 4.69) is 81.5 Å². The van der Waals surface area contributed by atoms with E-state index in [1.54, 1.807) is 0 Å². The summed E-state index contributed by atoms with van der Waals surface area (Å²) in [6.07, 6.45) is 57.5.